The van der Waals surface area contributed by atoms with Gasteiger partial charge >= 0.3 is 12.0 Å². The number of alkyl halides is 3. The molecule has 0 fully saturated rings. The van der Waals surface area contributed by atoms with Crippen molar-refractivity contribution in [3.8, 4) is 0 Å². The first-order chi connectivity index (χ1) is 7.23. The average Bonchev–Trinajstić information content (AvgIpc) is 2.46. The SMILES string of the molecule is Cc1ncc([N+](=O)[O-])n1CC(O)C(F)(F)F. The molecule has 9 heteroatoms. The maximum Gasteiger partial charge on any atom is 0.418 e. The molecule has 0 spiro atoms. The molecular weight excluding hydrogens is 231 g/mol. The standard InChI is InChI=1S/C7H8F3N3O3/c1-4-11-2-6(13(15)16)12(4)3-5(14)7(8,9)10/h2,5,14H,3H2,1H3. The molecule has 0 aliphatic heterocycles. The number of aliphatic hydroxyl groups is 1. The number of imidazole rings is 1. The van der Waals surface area contributed by atoms with Crippen molar-refractivity contribution in [1.29, 1.82) is 0 Å². The largest absolute Gasteiger partial charge is 0.418 e. The fraction of sp³-hybridized carbons (Fsp3) is 0.571. The second-order valence-electron chi connectivity index (χ2n) is 3.09. The third-order valence-corrected chi connectivity index (χ3v) is 1.95. The van der Waals surface area contributed by atoms with Crippen LogP contribution in [-0.2, 0) is 6.54 Å². The second kappa shape index (κ2) is 4.08. The summed E-state index contributed by atoms with van der Waals surface area (Å²) in [4.78, 5) is 13.1. The van der Waals surface area contributed by atoms with Crippen molar-refractivity contribution < 1.29 is 23.2 Å². The van der Waals surface area contributed by atoms with Gasteiger partial charge in [0, 0.05) is 6.92 Å². The molecule has 0 aromatic carbocycles. The highest BCUT2D eigenvalue weighted by molar-refractivity contribution is 5.18. The minimum absolute atomic E-state index is 0.0370. The van der Waals surface area contributed by atoms with Crippen molar-refractivity contribution >= 4 is 5.82 Å². The van der Waals surface area contributed by atoms with Gasteiger partial charge in [-0.2, -0.15) is 13.2 Å². The topological polar surface area (TPSA) is 81.2 Å². The summed E-state index contributed by atoms with van der Waals surface area (Å²) in [7, 11) is 0. The maximum absolute atomic E-state index is 12.1. The van der Waals surface area contributed by atoms with Crippen molar-refractivity contribution in [1.82, 2.24) is 9.55 Å². The molecule has 0 aliphatic rings. The lowest BCUT2D eigenvalue weighted by molar-refractivity contribution is -0.392. The molecule has 0 aliphatic carbocycles. The summed E-state index contributed by atoms with van der Waals surface area (Å²) in [5, 5.41) is 19.2. The quantitative estimate of drug-likeness (QED) is 0.630. The number of rotatable bonds is 3. The first kappa shape index (κ1) is 12.4. The number of nitrogens with zero attached hydrogens (tertiary/aromatic N) is 3. The van der Waals surface area contributed by atoms with E-state index < -0.39 is 29.6 Å². The highest BCUT2D eigenvalue weighted by atomic mass is 19.4. The van der Waals surface area contributed by atoms with E-state index in [9.17, 15) is 23.3 Å². The van der Waals surface area contributed by atoms with Gasteiger partial charge in [-0.25, -0.2) is 9.55 Å². The normalized spacial score (nSPS) is 13.8. The number of aromatic nitrogens is 2. The summed E-state index contributed by atoms with van der Waals surface area (Å²) in [6.07, 6.45) is -6.62. The average molecular weight is 239 g/mol. The lowest BCUT2D eigenvalue weighted by Crippen LogP contribution is -2.33. The Morgan fingerprint density at radius 2 is 2.25 bits per heavy atom. The summed E-state index contributed by atoms with van der Waals surface area (Å²) >= 11 is 0. The van der Waals surface area contributed by atoms with Gasteiger partial charge < -0.3 is 15.2 Å². The number of aryl methyl sites for hydroxylation is 1. The van der Waals surface area contributed by atoms with Crippen LogP contribution >= 0.6 is 0 Å². The van der Waals surface area contributed by atoms with E-state index in [1.54, 1.807) is 0 Å². The molecule has 0 saturated carbocycles. The van der Waals surface area contributed by atoms with Crippen molar-refractivity contribution in [2.45, 2.75) is 25.7 Å². The Balaban J connectivity index is 2.97. The number of nitro groups is 1. The van der Waals surface area contributed by atoms with Crippen molar-refractivity contribution in [3.05, 3.63) is 22.1 Å². The zero-order valence-electron chi connectivity index (χ0n) is 8.10. The fourth-order valence-electron chi connectivity index (χ4n) is 1.10. The van der Waals surface area contributed by atoms with Gasteiger partial charge in [0.25, 0.3) is 0 Å². The number of aliphatic hydroxyl groups excluding tert-OH is 1. The van der Waals surface area contributed by atoms with Crippen molar-refractivity contribution in [3.63, 3.8) is 0 Å². The van der Waals surface area contributed by atoms with Crippen LogP contribution in [0.3, 0.4) is 0 Å². The zero-order chi connectivity index (χ0) is 12.5. The molecule has 16 heavy (non-hydrogen) atoms. The molecule has 6 nitrogen and oxygen atoms in total. The summed E-state index contributed by atoms with van der Waals surface area (Å²) in [6.45, 7) is 0.377. The number of hydrogen-bond acceptors (Lipinski definition) is 4. The van der Waals surface area contributed by atoms with Crippen LogP contribution in [0.1, 0.15) is 5.82 Å². The molecule has 0 radical (unpaired) electrons. The van der Waals surface area contributed by atoms with E-state index in [1.807, 2.05) is 0 Å². The van der Waals surface area contributed by atoms with Crippen LogP contribution in [0.25, 0.3) is 0 Å². The summed E-state index contributed by atoms with van der Waals surface area (Å²) in [6, 6.07) is 0. The van der Waals surface area contributed by atoms with Crippen LogP contribution in [-0.4, -0.2) is 31.9 Å². The fourth-order valence-corrected chi connectivity index (χ4v) is 1.10. The Kier molecular flexibility index (Phi) is 3.17. The van der Waals surface area contributed by atoms with E-state index in [-0.39, 0.29) is 5.82 Å². The van der Waals surface area contributed by atoms with Crippen LogP contribution in [0.2, 0.25) is 0 Å². The minimum Gasteiger partial charge on any atom is -0.380 e. The lowest BCUT2D eigenvalue weighted by Gasteiger charge is -2.13. The van der Waals surface area contributed by atoms with Gasteiger partial charge in [-0.15, -0.1) is 0 Å². The highest BCUT2D eigenvalue weighted by Gasteiger charge is 2.40. The third kappa shape index (κ3) is 2.48. The van der Waals surface area contributed by atoms with Crippen LogP contribution in [0, 0.1) is 17.0 Å². The molecule has 0 amide bonds. The van der Waals surface area contributed by atoms with Gasteiger partial charge in [-0.1, -0.05) is 0 Å². The van der Waals surface area contributed by atoms with Gasteiger partial charge in [0.15, 0.2) is 11.9 Å². The van der Waals surface area contributed by atoms with Crippen LogP contribution in [0.5, 0.6) is 0 Å². The Labute approximate surface area is 87.5 Å². The Morgan fingerprint density at radius 3 is 2.69 bits per heavy atom. The highest BCUT2D eigenvalue weighted by Crippen LogP contribution is 2.23. The molecule has 0 bridgehead atoms. The minimum atomic E-state index is -4.81. The molecular formula is C7H8F3N3O3. The molecule has 1 unspecified atom stereocenters. The van der Waals surface area contributed by atoms with E-state index in [2.05, 4.69) is 4.98 Å². The van der Waals surface area contributed by atoms with Gasteiger partial charge in [0.1, 0.15) is 12.7 Å². The molecule has 90 valence electrons. The molecule has 1 atom stereocenters. The Hall–Kier alpha value is -1.64. The van der Waals surface area contributed by atoms with E-state index in [4.69, 9.17) is 5.11 Å². The predicted molar refractivity (Wildman–Crippen MR) is 45.7 cm³/mol. The molecule has 1 aromatic rings. The van der Waals surface area contributed by atoms with E-state index >= 15 is 0 Å². The monoisotopic (exact) mass is 239 g/mol. The number of halogens is 3. The number of hydrogen-bond donors (Lipinski definition) is 1. The molecule has 1 N–H and O–H groups in total. The van der Waals surface area contributed by atoms with Crippen LogP contribution in [0.15, 0.2) is 6.20 Å². The summed E-state index contributed by atoms with van der Waals surface area (Å²) in [5.74, 6) is -0.546. The Bertz CT molecular complexity index is 401. The maximum atomic E-state index is 12.1. The first-order valence-corrected chi connectivity index (χ1v) is 4.14. The van der Waals surface area contributed by atoms with E-state index in [0.717, 1.165) is 6.20 Å². The smallest absolute Gasteiger partial charge is 0.380 e. The molecule has 1 aromatic heterocycles. The third-order valence-electron chi connectivity index (χ3n) is 1.95. The van der Waals surface area contributed by atoms with Gasteiger partial charge in [-0.05, 0) is 4.92 Å². The molecule has 1 heterocycles. The first-order valence-electron chi connectivity index (χ1n) is 4.14. The van der Waals surface area contributed by atoms with Crippen LogP contribution < -0.4 is 0 Å². The van der Waals surface area contributed by atoms with Crippen LogP contribution in [0.4, 0.5) is 19.0 Å². The molecule has 1 rings (SSSR count). The summed E-state index contributed by atoms with van der Waals surface area (Å²) in [5.41, 5.74) is 0. The second-order valence-corrected chi connectivity index (χ2v) is 3.09. The predicted octanol–water partition coefficient (Wildman–Crippen LogP) is 1.02. The van der Waals surface area contributed by atoms with Gasteiger partial charge in [-0.3, -0.25) is 0 Å². The lowest BCUT2D eigenvalue weighted by atomic mass is 10.3. The van der Waals surface area contributed by atoms with E-state index in [1.165, 1.54) is 6.92 Å². The molecule has 0 saturated heterocycles. The van der Waals surface area contributed by atoms with Gasteiger partial charge in [0.2, 0.25) is 0 Å². The zero-order valence-corrected chi connectivity index (χ0v) is 8.10. The van der Waals surface area contributed by atoms with E-state index in [0.29, 0.717) is 4.57 Å². The van der Waals surface area contributed by atoms with Crippen molar-refractivity contribution in [2.75, 3.05) is 0 Å². The Morgan fingerprint density at radius 1 is 1.69 bits per heavy atom. The van der Waals surface area contributed by atoms with Gasteiger partial charge in [0.05, 0.1) is 0 Å². The summed E-state index contributed by atoms with van der Waals surface area (Å²) < 4.78 is 36.9. The van der Waals surface area contributed by atoms with Crippen molar-refractivity contribution in [2.24, 2.45) is 0 Å².